The molecular weight excluding hydrogens is 258 g/mol. The first-order valence-electron chi connectivity index (χ1n) is 6.60. The fraction of sp³-hybridized carbons (Fsp3) is 0.467. The lowest BCUT2D eigenvalue weighted by Gasteiger charge is -2.21. The summed E-state index contributed by atoms with van der Waals surface area (Å²) in [6, 6.07) is 5.23. The zero-order chi connectivity index (χ0) is 15.1. The summed E-state index contributed by atoms with van der Waals surface area (Å²) in [7, 11) is 1.56. The van der Waals surface area contributed by atoms with Crippen molar-refractivity contribution in [3.05, 3.63) is 29.3 Å². The second kappa shape index (κ2) is 7.65. The Morgan fingerprint density at radius 1 is 1.35 bits per heavy atom. The molecule has 0 radical (unpaired) electrons. The Morgan fingerprint density at radius 2 is 2.05 bits per heavy atom. The quantitative estimate of drug-likeness (QED) is 0.739. The summed E-state index contributed by atoms with van der Waals surface area (Å²) in [6.07, 6.45) is 0.863. The lowest BCUT2D eigenvalue weighted by molar-refractivity contribution is -0.138. The van der Waals surface area contributed by atoms with E-state index < -0.39 is 5.97 Å². The third-order valence-corrected chi connectivity index (χ3v) is 2.98. The molecule has 0 saturated carbocycles. The zero-order valence-electron chi connectivity index (χ0n) is 12.2. The molecule has 0 spiro atoms. The minimum Gasteiger partial charge on any atom is -0.496 e. The van der Waals surface area contributed by atoms with Gasteiger partial charge in [-0.05, 0) is 38.1 Å². The molecule has 1 rings (SSSR count). The van der Waals surface area contributed by atoms with Gasteiger partial charge in [-0.1, -0.05) is 6.92 Å². The molecule has 0 bridgehead atoms. The molecule has 0 aliphatic heterocycles. The van der Waals surface area contributed by atoms with E-state index in [-0.39, 0.29) is 12.3 Å². The van der Waals surface area contributed by atoms with Crippen LogP contribution in [0.3, 0.4) is 0 Å². The highest BCUT2D eigenvalue weighted by Crippen LogP contribution is 2.22. The van der Waals surface area contributed by atoms with E-state index in [0.29, 0.717) is 24.4 Å². The van der Waals surface area contributed by atoms with Crippen LogP contribution in [0, 0.1) is 0 Å². The summed E-state index contributed by atoms with van der Waals surface area (Å²) in [6.45, 7) is 4.61. The van der Waals surface area contributed by atoms with Crippen LogP contribution >= 0.6 is 0 Å². The van der Waals surface area contributed by atoms with Gasteiger partial charge in [-0.2, -0.15) is 0 Å². The first-order valence-corrected chi connectivity index (χ1v) is 6.60. The normalized spacial score (nSPS) is 10.6. The summed E-state index contributed by atoms with van der Waals surface area (Å²) in [5, 5.41) is 8.93. The Balaban J connectivity index is 2.99. The van der Waals surface area contributed by atoms with Crippen molar-refractivity contribution in [2.24, 2.45) is 0 Å². The monoisotopic (exact) mass is 279 g/mol. The van der Waals surface area contributed by atoms with Crippen LogP contribution in [0.25, 0.3) is 0 Å². The third-order valence-electron chi connectivity index (χ3n) is 2.98. The van der Waals surface area contributed by atoms with Crippen molar-refractivity contribution in [1.82, 2.24) is 4.90 Å². The zero-order valence-corrected chi connectivity index (χ0v) is 12.2. The van der Waals surface area contributed by atoms with Gasteiger partial charge in [-0.25, -0.2) is 0 Å². The van der Waals surface area contributed by atoms with Crippen LogP contribution in [0.4, 0.5) is 0 Å². The molecule has 0 aromatic heterocycles. The maximum Gasteiger partial charge on any atom is 0.317 e. The topological polar surface area (TPSA) is 66.8 Å². The smallest absolute Gasteiger partial charge is 0.317 e. The summed E-state index contributed by atoms with van der Waals surface area (Å²) in [4.78, 5) is 24.1. The largest absolute Gasteiger partial charge is 0.496 e. The van der Waals surface area contributed by atoms with Gasteiger partial charge in [0.05, 0.1) is 13.7 Å². The molecule has 0 aliphatic carbocycles. The average molecular weight is 279 g/mol. The van der Waals surface area contributed by atoms with E-state index in [1.165, 1.54) is 6.92 Å². The van der Waals surface area contributed by atoms with Crippen molar-refractivity contribution in [2.75, 3.05) is 20.2 Å². The number of benzene rings is 1. The second-order valence-corrected chi connectivity index (χ2v) is 4.69. The molecule has 1 N–H and O–H groups in total. The molecule has 0 saturated heterocycles. The standard InChI is InChI=1S/C15H21NO4/c1-4-7-16(10-15(18)19)9-13-8-12(11(2)17)5-6-14(13)20-3/h5-6,8H,4,7,9-10H2,1-3H3,(H,18,19). The van der Waals surface area contributed by atoms with E-state index in [1.54, 1.807) is 25.3 Å². The van der Waals surface area contributed by atoms with Gasteiger partial charge in [0.2, 0.25) is 0 Å². The van der Waals surface area contributed by atoms with Crippen LogP contribution in [-0.2, 0) is 11.3 Å². The van der Waals surface area contributed by atoms with E-state index in [9.17, 15) is 9.59 Å². The predicted molar refractivity (Wildman–Crippen MR) is 76.2 cm³/mol. The first-order chi connectivity index (χ1) is 9.47. The number of nitrogens with zero attached hydrogens (tertiary/aromatic N) is 1. The molecule has 0 amide bonds. The maximum atomic E-state index is 11.4. The molecule has 20 heavy (non-hydrogen) atoms. The predicted octanol–water partition coefficient (Wildman–Crippen LogP) is 2.19. The van der Waals surface area contributed by atoms with Gasteiger partial charge in [0, 0.05) is 17.7 Å². The Morgan fingerprint density at radius 3 is 2.55 bits per heavy atom. The molecule has 5 nitrogen and oxygen atoms in total. The molecule has 1 aromatic carbocycles. The van der Waals surface area contributed by atoms with E-state index in [4.69, 9.17) is 9.84 Å². The number of rotatable bonds is 8. The Labute approximate surface area is 119 Å². The van der Waals surface area contributed by atoms with Crippen LogP contribution in [0.15, 0.2) is 18.2 Å². The molecule has 0 fully saturated rings. The van der Waals surface area contributed by atoms with Crippen LogP contribution in [0.1, 0.15) is 36.2 Å². The van der Waals surface area contributed by atoms with Crippen LogP contribution < -0.4 is 4.74 Å². The number of methoxy groups -OCH3 is 1. The highest BCUT2D eigenvalue weighted by atomic mass is 16.5. The summed E-state index contributed by atoms with van der Waals surface area (Å²) >= 11 is 0. The number of carbonyl (C=O) groups excluding carboxylic acids is 1. The number of hydrogen-bond donors (Lipinski definition) is 1. The van der Waals surface area contributed by atoms with Crippen LogP contribution in [0.5, 0.6) is 5.75 Å². The number of hydrogen-bond acceptors (Lipinski definition) is 4. The minimum atomic E-state index is -0.861. The van der Waals surface area contributed by atoms with Gasteiger partial charge in [-0.3, -0.25) is 14.5 Å². The van der Waals surface area contributed by atoms with E-state index >= 15 is 0 Å². The van der Waals surface area contributed by atoms with Crippen molar-refractivity contribution in [2.45, 2.75) is 26.8 Å². The van der Waals surface area contributed by atoms with Gasteiger partial charge >= 0.3 is 5.97 Å². The van der Waals surface area contributed by atoms with Crippen LogP contribution in [0.2, 0.25) is 0 Å². The van der Waals surface area contributed by atoms with Crippen LogP contribution in [-0.4, -0.2) is 42.0 Å². The summed E-state index contributed by atoms with van der Waals surface area (Å²) in [5.41, 5.74) is 1.43. The fourth-order valence-corrected chi connectivity index (χ4v) is 2.08. The lowest BCUT2D eigenvalue weighted by Crippen LogP contribution is -2.30. The fourth-order valence-electron chi connectivity index (χ4n) is 2.08. The highest BCUT2D eigenvalue weighted by Gasteiger charge is 2.14. The molecular formula is C15H21NO4. The summed E-state index contributed by atoms with van der Waals surface area (Å²) in [5.74, 6) is -0.212. The molecule has 0 aliphatic rings. The van der Waals surface area contributed by atoms with Crippen molar-refractivity contribution in [1.29, 1.82) is 0 Å². The molecule has 110 valence electrons. The molecule has 1 aromatic rings. The van der Waals surface area contributed by atoms with Gasteiger partial charge in [0.25, 0.3) is 0 Å². The molecule has 5 heteroatoms. The van der Waals surface area contributed by atoms with Gasteiger partial charge in [-0.15, -0.1) is 0 Å². The maximum absolute atomic E-state index is 11.4. The Kier molecular flexibility index (Phi) is 6.18. The van der Waals surface area contributed by atoms with Crippen molar-refractivity contribution < 1.29 is 19.4 Å². The highest BCUT2D eigenvalue weighted by molar-refractivity contribution is 5.94. The number of ether oxygens (including phenoxy) is 1. The average Bonchev–Trinajstić information content (AvgIpc) is 2.38. The molecule has 0 unspecified atom stereocenters. The first kappa shape index (κ1) is 16.2. The summed E-state index contributed by atoms with van der Waals surface area (Å²) < 4.78 is 5.28. The van der Waals surface area contributed by atoms with Gasteiger partial charge in [0.15, 0.2) is 5.78 Å². The van der Waals surface area contributed by atoms with Gasteiger partial charge in [0.1, 0.15) is 5.75 Å². The minimum absolute atomic E-state index is 0.0193. The third kappa shape index (κ3) is 4.66. The molecule has 0 atom stereocenters. The second-order valence-electron chi connectivity index (χ2n) is 4.69. The van der Waals surface area contributed by atoms with Crippen molar-refractivity contribution in [3.63, 3.8) is 0 Å². The Bertz CT molecular complexity index is 485. The SMILES string of the molecule is CCCN(CC(=O)O)Cc1cc(C(C)=O)ccc1OC. The number of carbonyl (C=O) groups is 2. The van der Waals surface area contributed by atoms with Crippen molar-refractivity contribution in [3.8, 4) is 5.75 Å². The van der Waals surface area contributed by atoms with E-state index in [0.717, 1.165) is 12.0 Å². The number of ketones is 1. The number of Topliss-reactive ketones (excluding diaryl/α,β-unsaturated/α-hetero) is 1. The molecule has 0 heterocycles. The lowest BCUT2D eigenvalue weighted by atomic mass is 10.1. The van der Waals surface area contributed by atoms with Gasteiger partial charge < -0.3 is 9.84 Å². The number of aliphatic carboxylic acids is 1. The number of carboxylic acid groups (broad SMARTS) is 1. The van der Waals surface area contributed by atoms with E-state index in [2.05, 4.69) is 0 Å². The van der Waals surface area contributed by atoms with E-state index in [1.807, 2.05) is 11.8 Å². The Hall–Kier alpha value is -1.88. The number of carboxylic acids is 1. The van der Waals surface area contributed by atoms with Crippen molar-refractivity contribution >= 4 is 11.8 Å².